The first-order valence-corrected chi connectivity index (χ1v) is 5.95. The molecule has 1 fully saturated rings. The van der Waals surface area contributed by atoms with Crippen molar-refractivity contribution in [3.63, 3.8) is 0 Å². The Labute approximate surface area is 96.5 Å². The molecule has 16 heavy (non-hydrogen) atoms. The summed E-state index contributed by atoms with van der Waals surface area (Å²) in [5, 5.41) is 10.3. The quantitative estimate of drug-likeness (QED) is 0.848. The standard InChI is InChI=1S/C13H19NO2/c1-10(11-2-6-14-7-3-11)13(15)12-4-8-16-9-5-12/h2-3,6-7,10,12-13,15H,4-5,8-9H2,1H3. The molecule has 1 aromatic rings. The van der Waals surface area contributed by atoms with E-state index in [0.29, 0.717) is 5.92 Å². The Bertz CT molecular complexity index is 309. The lowest BCUT2D eigenvalue weighted by Gasteiger charge is -2.30. The average Bonchev–Trinajstić information content (AvgIpc) is 2.39. The van der Waals surface area contributed by atoms with Crippen molar-refractivity contribution in [1.29, 1.82) is 0 Å². The van der Waals surface area contributed by atoms with E-state index in [2.05, 4.69) is 11.9 Å². The molecular formula is C13H19NO2. The molecule has 88 valence electrons. The third-order valence-electron chi connectivity index (χ3n) is 3.49. The van der Waals surface area contributed by atoms with Crippen LogP contribution >= 0.6 is 0 Å². The highest BCUT2D eigenvalue weighted by molar-refractivity contribution is 5.16. The van der Waals surface area contributed by atoms with Crippen LogP contribution < -0.4 is 0 Å². The molecule has 1 aromatic heterocycles. The predicted octanol–water partition coefficient (Wildman–Crippen LogP) is 1.97. The van der Waals surface area contributed by atoms with Gasteiger partial charge in [0, 0.05) is 31.5 Å². The molecule has 1 aliphatic heterocycles. The van der Waals surface area contributed by atoms with Gasteiger partial charge in [-0.1, -0.05) is 6.92 Å². The van der Waals surface area contributed by atoms with Gasteiger partial charge in [-0.2, -0.15) is 0 Å². The molecule has 0 aromatic carbocycles. The molecule has 0 aliphatic carbocycles. The molecule has 2 rings (SSSR count). The van der Waals surface area contributed by atoms with Gasteiger partial charge in [-0.25, -0.2) is 0 Å². The van der Waals surface area contributed by atoms with Gasteiger partial charge >= 0.3 is 0 Å². The largest absolute Gasteiger partial charge is 0.392 e. The maximum Gasteiger partial charge on any atom is 0.0635 e. The van der Waals surface area contributed by atoms with Gasteiger partial charge < -0.3 is 9.84 Å². The van der Waals surface area contributed by atoms with Crippen molar-refractivity contribution in [2.75, 3.05) is 13.2 Å². The van der Waals surface area contributed by atoms with Crippen LogP contribution in [0.25, 0.3) is 0 Å². The first-order valence-electron chi connectivity index (χ1n) is 5.95. The zero-order valence-electron chi connectivity index (χ0n) is 9.67. The summed E-state index contributed by atoms with van der Waals surface area (Å²) in [5.41, 5.74) is 1.16. The number of hydrogen-bond acceptors (Lipinski definition) is 3. The van der Waals surface area contributed by atoms with Crippen molar-refractivity contribution in [2.24, 2.45) is 5.92 Å². The number of hydrogen-bond donors (Lipinski definition) is 1. The summed E-state index contributed by atoms with van der Waals surface area (Å²) in [7, 11) is 0. The monoisotopic (exact) mass is 221 g/mol. The Morgan fingerprint density at radius 1 is 1.31 bits per heavy atom. The molecule has 0 radical (unpaired) electrons. The van der Waals surface area contributed by atoms with Crippen LogP contribution in [0.1, 0.15) is 31.2 Å². The first-order chi connectivity index (χ1) is 7.79. The van der Waals surface area contributed by atoms with E-state index in [1.807, 2.05) is 12.1 Å². The molecule has 2 heterocycles. The zero-order valence-corrected chi connectivity index (χ0v) is 9.67. The van der Waals surface area contributed by atoms with Gasteiger partial charge in [-0.3, -0.25) is 4.98 Å². The van der Waals surface area contributed by atoms with E-state index in [9.17, 15) is 5.11 Å². The van der Waals surface area contributed by atoms with Crippen LogP contribution in [0.2, 0.25) is 0 Å². The van der Waals surface area contributed by atoms with Gasteiger partial charge in [0.15, 0.2) is 0 Å². The summed E-state index contributed by atoms with van der Waals surface area (Å²) in [6.07, 6.45) is 5.23. The van der Waals surface area contributed by atoms with E-state index in [-0.39, 0.29) is 12.0 Å². The van der Waals surface area contributed by atoms with Crippen molar-refractivity contribution in [1.82, 2.24) is 4.98 Å². The molecule has 1 aliphatic rings. The number of rotatable bonds is 3. The molecule has 0 saturated carbocycles. The number of ether oxygens (including phenoxy) is 1. The molecule has 0 amide bonds. The Balaban J connectivity index is 2.00. The van der Waals surface area contributed by atoms with Crippen LogP contribution in [0, 0.1) is 5.92 Å². The van der Waals surface area contributed by atoms with Gasteiger partial charge in [0.05, 0.1) is 6.10 Å². The SMILES string of the molecule is CC(c1ccncc1)C(O)C1CCOCC1. The van der Waals surface area contributed by atoms with Crippen LogP contribution in [0.15, 0.2) is 24.5 Å². The highest BCUT2D eigenvalue weighted by Crippen LogP contribution is 2.29. The minimum atomic E-state index is -0.272. The molecule has 3 heteroatoms. The minimum absolute atomic E-state index is 0.172. The highest BCUT2D eigenvalue weighted by atomic mass is 16.5. The van der Waals surface area contributed by atoms with E-state index in [1.165, 1.54) is 0 Å². The van der Waals surface area contributed by atoms with Crippen LogP contribution in [-0.2, 0) is 4.74 Å². The molecule has 2 unspecified atom stereocenters. The molecule has 3 nitrogen and oxygen atoms in total. The molecular weight excluding hydrogens is 202 g/mol. The van der Waals surface area contributed by atoms with Crippen molar-refractivity contribution < 1.29 is 9.84 Å². The molecule has 1 saturated heterocycles. The van der Waals surface area contributed by atoms with E-state index >= 15 is 0 Å². The highest BCUT2D eigenvalue weighted by Gasteiger charge is 2.27. The fourth-order valence-electron chi connectivity index (χ4n) is 2.33. The van der Waals surface area contributed by atoms with Crippen LogP contribution in [0.3, 0.4) is 0 Å². The summed E-state index contributed by atoms with van der Waals surface area (Å²) in [4.78, 5) is 4.00. The zero-order chi connectivity index (χ0) is 11.4. The topological polar surface area (TPSA) is 42.4 Å². The normalized spacial score (nSPS) is 21.6. The average molecular weight is 221 g/mol. The molecule has 2 atom stereocenters. The Morgan fingerprint density at radius 2 is 1.94 bits per heavy atom. The lowest BCUT2D eigenvalue weighted by Crippen LogP contribution is -2.31. The van der Waals surface area contributed by atoms with Crippen molar-refractivity contribution >= 4 is 0 Å². The van der Waals surface area contributed by atoms with Gasteiger partial charge in [0.25, 0.3) is 0 Å². The van der Waals surface area contributed by atoms with E-state index < -0.39 is 0 Å². The van der Waals surface area contributed by atoms with Gasteiger partial charge in [-0.05, 0) is 36.5 Å². The summed E-state index contributed by atoms with van der Waals surface area (Å²) in [6, 6.07) is 3.96. The second kappa shape index (κ2) is 5.41. The van der Waals surface area contributed by atoms with Crippen LogP contribution in [0.5, 0.6) is 0 Å². The van der Waals surface area contributed by atoms with Crippen LogP contribution in [0.4, 0.5) is 0 Å². The minimum Gasteiger partial charge on any atom is -0.392 e. The van der Waals surface area contributed by atoms with E-state index in [4.69, 9.17) is 4.74 Å². The third-order valence-corrected chi connectivity index (χ3v) is 3.49. The Kier molecular flexibility index (Phi) is 3.91. The van der Waals surface area contributed by atoms with E-state index in [0.717, 1.165) is 31.6 Å². The smallest absolute Gasteiger partial charge is 0.0635 e. The number of nitrogens with zero attached hydrogens (tertiary/aromatic N) is 1. The van der Waals surface area contributed by atoms with Gasteiger partial charge in [0.1, 0.15) is 0 Å². The number of aromatic nitrogens is 1. The van der Waals surface area contributed by atoms with Gasteiger partial charge in [-0.15, -0.1) is 0 Å². The van der Waals surface area contributed by atoms with E-state index in [1.54, 1.807) is 12.4 Å². The van der Waals surface area contributed by atoms with Crippen molar-refractivity contribution in [3.05, 3.63) is 30.1 Å². The van der Waals surface area contributed by atoms with Crippen molar-refractivity contribution in [3.8, 4) is 0 Å². The lowest BCUT2D eigenvalue weighted by atomic mass is 9.83. The molecule has 1 N–H and O–H groups in total. The molecule has 0 bridgehead atoms. The summed E-state index contributed by atoms with van der Waals surface area (Å²) < 4.78 is 5.31. The van der Waals surface area contributed by atoms with Crippen molar-refractivity contribution in [2.45, 2.75) is 31.8 Å². The summed E-state index contributed by atoms with van der Waals surface area (Å²) in [6.45, 7) is 3.64. The summed E-state index contributed by atoms with van der Waals surface area (Å²) in [5.74, 6) is 0.544. The fourth-order valence-corrected chi connectivity index (χ4v) is 2.33. The second-order valence-corrected chi connectivity index (χ2v) is 4.51. The number of aliphatic hydroxyl groups is 1. The number of aliphatic hydroxyl groups excluding tert-OH is 1. The fraction of sp³-hybridized carbons (Fsp3) is 0.615. The Morgan fingerprint density at radius 3 is 2.56 bits per heavy atom. The molecule has 0 spiro atoms. The first kappa shape index (κ1) is 11.6. The maximum atomic E-state index is 10.3. The summed E-state index contributed by atoms with van der Waals surface area (Å²) >= 11 is 0. The maximum absolute atomic E-state index is 10.3. The Hall–Kier alpha value is -0.930. The second-order valence-electron chi connectivity index (χ2n) is 4.51. The lowest BCUT2D eigenvalue weighted by molar-refractivity contribution is -0.000721. The third kappa shape index (κ3) is 2.60. The van der Waals surface area contributed by atoms with Gasteiger partial charge in [0.2, 0.25) is 0 Å². The van der Waals surface area contributed by atoms with Crippen LogP contribution in [-0.4, -0.2) is 29.4 Å². The number of pyridine rings is 1. The predicted molar refractivity (Wildman–Crippen MR) is 62.2 cm³/mol.